The summed E-state index contributed by atoms with van der Waals surface area (Å²) in [6.07, 6.45) is -4.46. The number of halogens is 3. The highest BCUT2D eigenvalue weighted by Gasteiger charge is 2.50. The first-order valence-electron chi connectivity index (χ1n) is 3.79. The summed E-state index contributed by atoms with van der Waals surface area (Å²) in [5.74, 6) is 0. The van der Waals surface area contributed by atoms with Crippen LogP contribution in [0.25, 0.3) is 0 Å². The van der Waals surface area contributed by atoms with E-state index in [0.29, 0.717) is 0 Å². The Bertz CT molecular complexity index is 151. The Hall–Kier alpha value is -0.330. The number of rotatable bonds is 5. The molecule has 13 heavy (non-hydrogen) atoms. The quantitative estimate of drug-likeness (QED) is 0.638. The smallest absolute Gasteiger partial charge is 0.394 e. The minimum atomic E-state index is -4.46. The lowest BCUT2D eigenvalue weighted by atomic mass is 10.0. The van der Waals surface area contributed by atoms with Crippen LogP contribution >= 0.6 is 0 Å². The van der Waals surface area contributed by atoms with Crippen LogP contribution < -0.4 is 5.32 Å². The Morgan fingerprint density at radius 1 is 1.38 bits per heavy atom. The number of aliphatic hydroxyl groups excluding tert-OH is 1. The lowest BCUT2D eigenvalue weighted by Crippen LogP contribution is -2.57. The van der Waals surface area contributed by atoms with Crippen molar-refractivity contribution in [1.29, 1.82) is 0 Å². The summed E-state index contributed by atoms with van der Waals surface area (Å²) in [6.45, 7) is 0.140. The molecule has 0 radical (unpaired) electrons. The van der Waals surface area contributed by atoms with Crippen molar-refractivity contribution in [3.05, 3.63) is 0 Å². The third kappa shape index (κ3) is 3.50. The Labute approximate surface area is 74.9 Å². The van der Waals surface area contributed by atoms with Gasteiger partial charge in [0.05, 0.1) is 13.2 Å². The van der Waals surface area contributed by atoms with E-state index in [1.54, 1.807) is 0 Å². The number of nitrogens with one attached hydrogen (secondary N) is 1. The van der Waals surface area contributed by atoms with Crippen molar-refractivity contribution in [1.82, 2.24) is 5.32 Å². The largest absolute Gasteiger partial charge is 0.408 e. The van der Waals surface area contributed by atoms with Gasteiger partial charge in [-0.1, -0.05) is 0 Å². The van der Waals surface area contributed by atoms with Gasteiger partial charge in [-0.15, -0.1) is 0 Å². The van der Waals surface area contributed by atoms with Gasteiger partial charge in [0, 0.05) is 13.7 Å². The number of hydrogen-bond donors (Lipinski definition) is 2. The highest BCUT2D eigenvalue weighted by molar-refractivity contribution is 4.89. The van der Waals surface area contributed by atoms with Gasteiger partial charge in [-0.2, -0.15) is 13.2 Å². The van der Waals surface area contributed by atoms with Gasteiger partial charge in [0.25, 0.3) is 0 Å². The van der Waals surface area contributed by atoms with Crippen molar-refractivity contribution in [2.75, 3.05) is 26.9 Å². The van der Waals surface area contributed by atoms with E-state index >= 15 is 0 Å². The van der Waals surface area contributed by atoms with Gasteiger partial charge in [-0.25, -0.2) is 0 Å². The van der Waals surface area contributed by atoms with Gasteiger partial charge in [0.2, 0.25) is 0 Å². The van der Waals surface area contributed by atoms with Crippen LogP contribution in [0, 0.1) is 0 Å². The molecular formula is C7H14F3NO2. The third-order valence-electron chi connectivity index (χ3n) is 1.76. The first-order chi connectivity index (χ1) is 5.87. The monoisotopic (exact) mass is 201 g/mol. The summed E-state index contributed by atoms with van der Waals surface area (Å²) in [4.78, 5) is 0. The minimum absolute atomic E-state index is 0.0487. The van der Waals surface area contributed by atoms with Gasteiger partial charge in [0.1, 0.15) is 5.54 Å². The summed E-state index contributed by atoms with van der Waals surface area (Å²) >= 11 is 0. The lowest BCUT2D eigenvalue weighted by molar-refractivity contribution is -0.201. The van der Waals surface area contributed by atoms with Crippen LogP contribution in [0.2, 0.25) is 0 Å². The number of ether oxygens (including phenoxy) is 1. The van der Waals surface area contributed by atoms with Crippen molar-refractivity contribution in [3.8, 4) is 0 Å². The van der Waals surface area contributed by atoms with Gasteiger partial charge in [-0.3, -0.25) is 5.32 Å². The molecule has 0 aliphatic rings. The second-order valence-electron chi connectivity index (χ2n) is 2.91. The van der Waals surface area contributed by atoms with Crippen LogP contribution in [0.1, 0.15) is 6.92 Å². The summed E-state index contributed by atoms with van der Waals surface area (Å²) in [5.41, 5.74) is -2.24. The summed E-state index contributed by atoms with van der Waals surface area (Å²) < 4.78 is 41.4. The van der Waals surface area contributed by atoms with E-state index in [4.69, 9.17) is 5.11 Å². The third-order valence-corrected chi connectivity index (χ3v) is 1.76. The molecule has 0 saturated carbocycles. The average Bonchev–Trinajstić information content (AvgIpc) is 2.02. The summed E-state index contributed by atoms with van der Waals surface area (Å²) in [6, 6.07) is 0. The fourth-order valence-corrected chi connectivity index (χ4v) is 0.675. The summed E-state index contributed by atoms with van der Waals surface area (Å²) in [5, 5.41) is 10.8. The lowest BCUT2D eigenvalue weighted by Gasteiger charge is -2.30. The second kappa shape index (κ2) is 4.78. The normalized spacial score (nSPS) is 17.1. The van der Waals surface area contributed by atoms with Crippen molar-refractivity contribution >= 4 is 0 Å². The van der Waals surface area contributed by atoms with Crippen molar-refractivity contribution in [3.63, 3.8) is 0 Å². The number of methoxy groups -OCH3 is 1. The Balaban J connectivity index is 4.13. The minimum Gasteiger partial charge on any atom is -0.394 e. The van der Waals surface area contributed by atoms with Crippen LogP contribution in [0.15, 0.2) is 0 Å². The van der Waals surface area contributed by atoms with Crippen LogP contribution in [-0.2, 0) is 4.74 Å². The highest BCUT2D eigenvalue weighted by atomic mass is 19.4. The van der Waals surface area contributed by atoms with Crippen LogP contribution in [0.4, 0.5) is 13.2 Å². The molecule has 0 spiro atoms. The SMILES string of the molecule is COCCNC(C)(CO)C(F)(F)F. The van der Waals surface area contributed by atoms with E-state index in [-0.39, 0.29) is 13.2 Å². The molecule has 80 valence electrons. The molecule has 0 aromatic rings. The Morgan fingerprint density at radius 3 is 2.23 bits per heavy atom. The van der Waals surface area contributed by atoms with Gasteiger partial charge >= 0.3 is 6.18 Å². The predicted molar refractivity (Wildman–Crippen MR) is 41.4 cm³/mol. The van der Waals surface area contributed by atoms with Crippen molar-refractivity contribution in [2.24, 2.45) is 0 Å². The molecule has 0 aliphatic carbocycles. The maximum atomic E-state index is 12.3. The maximum absolute atomic E-state index is 12.3. The summed E-state index contributed by atoms with van der Waals surface area (Å²) in [7, 11) is 1.39. The van der Waals surface area contributed by atoms with E-state index < -0.39 is 18.3 Å². The Kier molecular flexibility index (Phi) is 4.66. The fourth-order valence-electron chi connectivity index (χ4n) is 0.675. The van der Waals surface area contributed by atoms with Gasteiger partial charge in [-0.05, 0) is 6.92 Å². The molecular weight excluding hydrogens is 187 g/mol. The standard InChI is InChI=1S/C7H14F3NO2/c1-6(5-12,7(8,9)10)11-3-4-13-2/h11-12H,3-5H2,1-2H3. The molecule has 0 fully saturated rings. The second-order valence-corrected chi connectivity index (χ2v) is 2.91. The molecule has 3 nitrogen and oxygen atoms in total. The fraction of sp³-hybridized carbons (Fsp3) is 1.00. The number of aliphatic hydroxyl groups is 1. The molecule has 0 aromatic heterocycles. The van der Waals surface area contributed by atoms with Gasteiger partial charge < -0.3 is 9.84 Å². The molecule has 6 heteroatoms. The number of alkyl halides is 3. The van der Waals surface area contributed by atoms with Crippen molar-refractivity contribution in [2.45, 2.75) is 18.6 Å². The zero-order valence-corrected chi connectivity index (χ0v) is 7.61. The molecule has 0 bridgehead atoms. The zero-order chi connectivity index (χ0) is 10.5. The molecule has 1 unspecified atom stereocenters. The van der Waals surface area contributed by atoms with Crippen LogP contribution in [0.5, 0.6) is 0 Å². The molecule has 0 heterocycles. The molecule has 0 aromatic carbocycles. The molecule has 0 saturated heterocycles. The first-order valence-corrected chi connectivity index (χ1v) is 3.79. The molecule has 0 aliphatic heterocycles. The van der Waals surface area contributed by atoms with E-state index in [1.165, 1.54) is 7.11 Å². The predicted octanol–water partition coefficient (Wildman–Crippen LogP) is 0.536. The topological polar surface area (TPSA) is 41.5 Å². The first kappa shape index (κ1) is 12.7. The molecule has 0 rings (SSSR count). The molecule has 1 atom stereocenters. The number of hydrogen-bond acceptors (Lipinski definition) is 3. The zero-order valence-electron chi connectivity index (χ0n) is 7.61. The van der Waals surface area contributed by atoms with E-state index in [2.05, 4.69) is 10.1 Å². The molecule has 0 amide bonds. The molecule has 2 N–H and O–H groups in total. The van der Waals surface area contributed by atoms with E-state index in [1.807, 2.05) is 0 Å². The highest BCUT2D eigenvalue weighted by Crippen LogP contribution is 2.29. The van der Waals surface area contributed by atoms with E-state index in [0.717, 1.165) is 6.92 Å². The van der Waals surface area contributed by atoms with Crippen LogP contribution in [0.3, 0.4) is 0 Å². The van der Waals surface area contributed by atoms with E-state index in [9.17, 15) is 13.2 Å². The Morgan fingerprint density at radius 2 is 1.92 bits per heavy atom. The van der Waals surface area contributed by atoms with Gasteiger partial charge in [0.15, 0.2) is 0 Å². The van der Waals surface area contributed by atoms with Crippen molar-refractivity contribution < 1.29 is 23.0 Å². The maximum Gasteiger partial charge on any atom is 0.408 e. The average molecular weight is 201 g/mol. The van der Waals surface area contributed by atoms with Crippen LogP contribution in [-0.4, -0.2) is 43.7 Å².